The van der Waals surface area contributed by atoms with Gasteiger partial charge in [-0.2, -0.15) is 0 Å². The molecule has 4 nitrogen and oxygen atoms in total. The number of aliphatic hydroxyl groups is 1. The average molecular weight is 288 g/mol. The maximum atomic E-state index is 13.4. The zero-order valence-corrected chi connectivity index (χ0v) is 11.7. The molecule has 2 aromatic rings. The standard InChI is InChI=1S/C16H17FN2O2/c1-10-5-6-18-15(10)16(21)19-9-13(20)8-14(19)11-3-2-4-12(17)7-11/h2-7,13-14,18,20H,8-9H2,1H3/t13-,14-/m1/s1. The third-order valence-electron chi connectivity index (χ3n) is 3.94. The first kappa shape index (κ1) is 13.8. The number of H-pyrrole nitrogens is 1. The van der Waals surface area contributed by atoms with Crippen molar-refractivity contribution in [1.29, 1.82) is 0 Å². The third-order valence-corrected chi connectivity index (χ3v) is 3.94. The Morgan fingerprint density at radius 1 is 1.43 bits per heavy atom. The Bertz CT molecular complexity index is 668. The summed E-state index contributed by atoms with van der Waals surface area (Å²) in [5.74, 6) is -0.499. The molecular weight excluding hydrogens is 271 g/mol. The second-order valence-electron chi connectivity index (χ2n) is 5.45. The fourth-order valence-corrected chi connectivity index (χ4v) is 2.89. The Labute approximate surface area is 122 Å². The molecule has 1 amide bonds. The van der Waals surface area contributed by atoms with Crippen molar-refractivity contribution >= 4 is 5.91 Å². The third kappa shape index (κ3) is 2.56. The van der Waals surface area contributed by atoms with Gasteiger partial charge in [0, 0.05) is 12.7 Å². The lowest BCUT2D eigenvalue weighted by Crippen LogP contribution is -2.32. The van der Waals surface area contributed by atoms with E-state index in [-0.39, 0.29) is 24.3 Å². The van der Waals surface area contributed by atoms with Gasteiger partial charge in [-0.05, 0) is 42.7 Å². The van der Waals surface area contributed by atoms with E-state index in [2.05, 4.69) is 4.98 Å². The first-order valence-electron chi connectivity index (χ1n) is 6.94. The number of aryl methyl sites for hydroxylation is 1. The Hall–Kier alpha value is -2.14. The minimum atomic E-state index is -0.586. The van der Waals surface area contributed by atoms with E-state index in [1.54, 1.807) is 23.2 Å². The molecule has 2 heterocycles. The van der Waals surface area contributed by atoms with E-state index < -0.39 is 6.10 Å². The van der Waals surface area contributed by atoms with Gasteiger partial charge in [0.15, 0.2) is 0 Å². The van der Waals surface area contributed by atoms with Gasteiger partial charge in [0.1, 0.15) is 11.5 Å². The second-order valence-corrected chi connectivity index (χ2v) is 5.45. The number of amides is 1. The van der Waals surface area contributed by atoms with Crippen molar-refractivity contribution in [3.8, 4) is 0 Å². The van der Waals surface area contributed by atoms with E-state index in [4.69, 9.17) is 0 Å². The molecule has 1 aromatic heterocycles. The highest BCUT2D eigenvalue weighted by Gasteiger charge is 2.36. The van der Waals surface area contributed by atoms with Crippen molar-refractivity contribution in [3.63, 3.8) is 0 Å². The highest BCUT2D eigenvalue weighted by Crippen LogP contribution is 2.33. The van der Waals surface area contributed by atoms with E-state index in [1.807, 2.05) is 13.0 Å². The van der Waals surface area contributed by atoms with Crippen molar-refractivity contribution < 1.29 is 14.3 Å². The summed E-state index contributed by atoms with van der Waals surface area (Å²) >= 11 is 0. The number of hydrogen-bond acceptors (Lipinski definition) is 2. The normalized spacial score (nSPS) is 21.8. The summed E-state index contributed by atoms with van der Waals surface area (Å²) in [4.78, 5) is 17.2. The molecule has 2 N–H and O–H groups in total. The molecule has 0 unspecified atom stereocenters. The molecule has 0 radical (unpaired) electrons. The molecule has 1 fully saturated rings. The number of nitrogens with one attached hydrogen (secondary N) is 1. The van der Waals surface area contributed by atoms with Gasteiger partial charge in [0.05, 0.1) is 12.1 Å². The molecule has 21 heavy (non-hydrogen) atoms. The molecule has 1 aliphatic heterocycles. The summed E-state index contributed by atoms with van der Waals surface area (Å²) in [5.41, 5.74) is 2.09. The number of nitrogens with zero attached hydrogens (tertiary/aromatic N) is 1. The van der Waals surface area contributed by atoms with Crippen molar-refractivity contribution in [3.05, 3.63) is 59.2 Å². The van der Waals surface area contributed by atoms with Gasteiger partial charge < -0.3 is 15.0 Å². The van der Waals surface area contributed by atoms with Gasteiger partial charge >= 0.3 is 0 Å². The summed E-state index contributed by atoms with van der Waals surface area (Å²) < 4.78 is 13.4. The fraction of sp³-hybridized carbons (Fsp3) is 0.312. The summed E-state index contributed by atoms with van der Waals surface area (Å²) in [5, 5.41) is 9.92. The SMILES string of the molecule is Cc1cc[nH]c1C(=O)N1C[C@H](O)C[C@@H]1c1cccc(F)c1. The predicted octanol–water partition coefficient (Wildman–Crippen LogP) is 2.41. The topological polar surface area (TPSA) is 56.3 Å². The lowest BCUT2D eigenvalue weighted by Gasteiger charge is -2.24. The van der Waals surface area contributed by atoms with Gasteiger partial charge in [-0.3, -0.25) is 4.79 Å². The van der Waals surface area contributed by atoms with Crippen LogP contribution >= 0.6 is 0 Å². The van der Waals surface area contributed by atoms with Crippen LogP contribution < -0.4 is 0 Å². The summed E-state index contributed by atoms with van der Waals surface area (Å²) in [6.45, 7) is 2.12. The van der Waals surface area contributed by atoms with E-state index in [0.29, 0.717) is 17.7 Å². The van der Waals surface area contributed by atoms with Crippen LogP contribution in [0.4, 0.5) is 4.39 Å². The molecule has 5 heteroatoms. The van der Waals surface area contributed by atoms with Crippen LogP contribution in [0.3, 0.4) is 0 Å². The maximum Gasteiger partial charge on any atom is 0.271 e. The van der Waals surface area contributed by atoms with Crippen molar-refractivity contribution in [2.45, 2.75) is 25.5 Å². The highest BCUT2D eigenvalue weighted by atomic mass is 19.1. The first-order chi connectivity index (χ1) is 10.1. The smallest absolute Gasteiger partial charge is 0.271 e. The van der Waals surface area contributed by atoms with Crippen LogP contribution in [0.25, 0.3) is 0 Å². The quantitative estimate of drug-likeness (QED) is 0.891. The van der Waals surface area contributed by atoms with Gasteiger partial charge in [-0.1, -0.05) is 12.1 Å². The predicted molar refractivity (Wildman–Crippen MR) is 76.3 cm³/mol. The number of aromatic nitrogens is 1. The molecule has 0 saturated carbocycles. The number of carbonyl (C=O) groups excluding carboxylic acids is 1. The van der Waals surface area contributed by atoms with E-state index in [1.165, 1.54) is 12.1 Å². The van der Waals surface area contributed by atoms with Crippen LogP contribution in [-0.2, 0) is 0 Å². The Kier molecular flexibility index (Phi) is 3.51. The van der Waals surface area contributed by atoms with E-state index >= 15 is 0 Å². The molecule has 0 aliphatic carbocycles. The van der Waals surface area contributed by atoms with Crippen molar-refractivity contribution in [2.75, 3.05) is 6.54 Å². The Morgan fingerprint density at radius 2 is 2.24 bits per heavy atom. The number of hydrogen-bond donors (Lipinski definition) is 2. The maximum absolute atomic E-state index is 13.4. The fourth-order valence-electron chi connectivity index (χ4n) is 2.89. The number of carbonyl (C=O) groups is 1. The van der Waals surface area contributed by atoms with Crippen LogP contribution in [0.1, 0.15) is 34.1 Å². The Balaban J connectivity index is 1.93. The molecule has 3 rings (SSSR count). The van der Waals surface area contributed by atoms with Crippen LogP contribution in [0, 0.1) is 12.7 Å². The van der Waals surface area contributed by atoms with Gasteiger partial charge in [-0.25, -0.2) is 4.39 Å². The summed E-state index contributed by atoms with van der Waals surface area (Å²) in [6.07, 6.45) is 1.55. The van der Waals surface area contributed by atoms with Gasteiger partial charge in [0.2, 0.25) is 0 Å². The molecule has 2 atom stereocenters. The Morgan fingerprint density at radius 3 is 2.90 bits per heavy atom. The number of aromatic amines is 1. The molecule has 110 valence electrons. The first-order valence-corrected chi connectivity index (χ1v) is 6.94. The minimum Gasteiger partial charge on any atom is -0.391 e. The minimum absolute atomic E-state index is 0.164. The summed E-state index contributed by atoms with van der Waals surface area (Å²) in [6, 6.07) is 7.73. The van der Waals surface area contributed by atoms with Crippen molar-refractivity contribution in [1.82, 2.24) is 9.88 Å². The molecule has 0 spiro atoms. The van der Waals surface area contributed by atoms with Crippen LogP contribution in [0.5, 0.6) is 0 Å². The zero-order chi connectivity index (χ0) is 15.0. The summed E-state index contributed by atoms with van der Waals surface area (Å²) in [7, 11) is 0. The molecule has 1 aliphatic rings. The number of likely N-dealkylation sites (tertiary alicyclic amines) is 1. The largest absolute Gasteiger partial charge is 0.391 e. The van der Waals surface area contributed by atoms with Crippen molar-refractivity contribution in [2.24, 2.45) is 0 Å². The van der Waals surface area contributed by atoms with Crippen LogP contribution in [0.2, 0.25) is 0 Å². The molecule has 1 saturated heterocycles. The lowest BCUT2D eigenvalue weighted by molar-refractivity contribution is 0.0709. The van der Waals surface area contributed by atoms with Gasteiger partial charge in [-0.15, -0.1) is 0 Å². The lowest BCUT2D eigenvalue weighted by atomic mass is 10.0. The molecule has 1 aromatic carbocycles. The van der Waals surface area contributed by atoms with Crippen LogP contribution in [0.15, 0.2) is 36.5 Å². The zero-order valence-electron chi connectivity index (χ0n) is 11.7. The monoisotopic (exact) mass is 288 g/mol. The number of aliphatic hydroxyl groups excluding tert-OH is 1. The average Bonchev–Trinajstić information content (AvgIpc) is 3.04. The number of benzene rings is 1. The van der Waals surface area contributed by atoms with Crippen LogP contribution in [-0.4, -0.2) is 33.5 Å². The molecule has 0 bridgehead atoms. The number of rotatable bonds is 2. The number of β-amino-alcohol motifs (C(OH)–C–C–N with tert-alkyl or cyclic N) is 1. The van der Waals surface area contributed by atoms with E-state index in [9.17, 15) is 14.3 Å². The van der Waals surface area contributed by atoms with Gasteiger partial charge in [0.25, 0.3) is 5.91 Å². The number of halogens is 1. The highest BCUT2D eigenvalue weighted by molar-refractivity contribution is 5.94. The van der Waals surface area contributed by atoms with E-state index in [0.717, 1.165) is 5.56 Å². The second kappa shape index (κ2) is 5.33. The molecular formula is C16H17FN2O2.